The Balaban J connectivity index is 0.000000191. The molecule has 0 amide bonds. The highest BCUT2D eigenvalue weighted by Crippen LogP contribution is 2.55. The van der Waals surface area contributed by atoms with Crippen LogP contribution in [0.15, 0.2) is 77.7 Å². The predicted molar refractivity (Wildman–Crippen MR) is 408 cm³/mol. The van der Waals surface area contributed by atoms with Gasteiger partial charge in [0.1, 0.15) is 27.1 Å². The van der Waals surface area contributed by atoms with Crippen LogP contribution >= 0.6 is 37.0 Å². The number of benzene rings is 1. The molecular weight excluding hydrogens is 1420 g/mol. The molecule has 10 aliphatic rings. The number of aromatic amines is 3. The molecule has 0 aliphatic carbocycles. The van der Waals surface area contributed by atoms with Crippen molar-refractivity contribution in [1.82, 2.24) is 61.3 Å². The van der Waals surface area contributed by atoms with E-state index in [9.17, 15) is 38.7 Å². The van der Waals surface area contributed by atoms with E-state index in [0.29, 0.717) is 40.8 Å². The summed E-state index contributed by atoms with van der Waals surface area (Å²) in [6, 6.07) is 9.06. The first-order valence-corrected chi connectivity index (χ1v) is 41.0. The highest BCUT2D eigenvalue weighted by Gasteiger charge is 2.43. The summed E-state index contributed by atoms with van der Waals surface area (Å²) in [7, 11) is 2.10. The zero-order valence-corrected chi connectivity index (χ0v) is 65.0. The lowest BCUT2D eigenvalue weighted by molar-refractivity contribution is -0.0102. The number of nitrogens with one attached hydrogen (secondary N) is 3. The Morgan fingerprint density at radius 1 is 0.500 bits per heavy atom. The molecule has 13 heterocycles. The summed E-state index contributed by atoms with van der Waals surface area (Å²) in [6.45, 7) is 21.7. The molecular formula is C70H118N13O17P3S. The Morgan fingerprint density at radius 2 is 0.788 bits per heavy atom. The highest BCUT2D eigenvalue weighted by molar-refractivity contribution is 8.14. The van der Waals surface area contributed by atoms with Crippen LogP contribution < -0.4 is 33.7 Å². The maximum absolute atomic E-state index is 12.2. The summed E-state index contributed by atoms with van der Waals surface area (Å²) in [5, 5.41) is 28.6. The molecule has 0 radical (unpaired) electrons. The molecule has 0 saturated carbocycles. The summed E-state index contributed by atoms with van der Waals surface area (Å²) < 4.78 is 93.1. The van der Waals surface area contributed by atoms with Crippen LogP contribution in [0.4, 0.5) is 0 Å². The Labute approximate surface area is 627 Å². The van der Waals surface area contributed by atoms with Gasteiger partial charge in [-0.1, -0.05) is 42.1 Å². The van der Waals surface area contributed by atoms with Crippen molar-refractivity contribution in [2.75, 3.05) is 125 Å². The molecule has 0 bridgehead atoms. The molecule has 4 aromatic rings. The van der Waals surface area contributed by atoms with E-state index in [2.05, 4.69) is 63.0 Å². The van der Waals surface area contributed by atoms with Crippen molar-refractivity contribution in [3.05, 3.63) is 134 Å². The molecule has 10 aliphatic heterocycles. The van der Waals surface area contributed by atoms with Crippen LogP contribution in [0.3, 0.4) is 0 Å². The minimum atomic E-state index is -0.855. The summed E-state index contributed by atoms with van der Waals surface area (Å²) >= 11 is 1.14. The molecule has 586 valence electrons. The summed E-state index contributed by atoms with van der Waals surface area (Å²) in [5.41, 5.74) is -0.694. The lowest BCUT2D eigenvalue weighted by Crippen LogP contribution is -2.34. The van der Waals surface area contributed by atoms with E-state index in [1.165, 1.54) is 170 Å². The molecule has 30 nitrogen and oxygen atoms in total. The first-order chi connectivity index (χ1) is 53.2. The summed E-state index contributed by atoms with van der Waals surface area (Å²) in [4.78, 5) is 88.7. The Bertz CT molecular complexity index is 3480. The number of hydrogen-bond donors (Lipinski definition) is 8. The van der Waals surface area contributed by atoms with Crippen LogP contribution in [0.2, 0.25) is 0 Å². The van der Waals surface area contributed by atoms with Gasteiger partial charge >= 0.3 is 17.1 Å². The average Bonchev–Trinajstić information content (AvgIpc) is 1.65. The molecule has 104 heavy (non-hydrogen) atoms. The van der Waals surface area contributed by atoms with Gasteiger partial charge in [0.25, 0.3) is 16.7 Å². The second-order valence-electron chi connectivity index (χ2n) is 26.5. The van der Waals surface area contributed by atoms with E-state index < -0.39 is 70.4 Å². The van der Waals surface area contributed by atoms with E-state index in [1.54, 1.807) is 45.3 Å². The number of aliphatic hydroxyl groups excluding tert-OH is 5. The summed E-state index contributed by atoms with van der Waals surface area (Å²) in [5.74, 6) is 0.466. The Kier molecular flexibility index (Phi) is 33.9. The third-order valence-electron chi connectivity index (χ3n) is 19.0. The zero-order chi connectivity index (χ0) is 79.7. The van der Waals surface area contributed by atoms with Crippen molar-refractivity contribution in [3.8, 4) is 0 Å². The van der Waals surface area contributed by atoms with E-state index in [1.807, 2.05) is 18.2 Å². The lowest BCUT2D eigenvalue weighted by atomic mass is 10.2. The third-order valence-corrected chi connectivity index (χ3v) is 27.1. The number of rotatable bonds is 17. The first-order valence-electron chi connectivity index (χ1n) is 39.8. The summed E-state index contributed by atoms with van der Waals surface area (Å²) in [6.07, 6.45) is 19.8. The van der Waals surface area contributed by atoms with E-state index in [-0.39, 0.29) is 82.8 Å². The second kappa shape index (κ2) is 45.1. The largest absolute Gasteiger partial charge is 0.400 e. The van der Waals surface area contributed by atoms with Crippen LogP contribution in [0.25, 0.3) is 0 Å². The van der Waals surface area contributed by atoms with Crippen LogP contribution in [-0.2, 0) is 23.3 Å². The van der Waals surface area contributed by atoms with Crippen molar-refractivity contribution < 1.29 is 57.7 Å². The normalized spacial score (nSPS) is 26.7. The fraction of sp³-hybridized carbons (Fsp3) is 0.729. The lowest BCUT2D eigenvalue weighted by Gasteiger charge is -2.40. The van der Waals surface area contributed by atoms with Crippen LogP contribution in [-0.4, -0.2) is 258 Å². The smallest absolute Gasteiger partial charge is 0.330 e. The fourth-order valence-electron chi connectivity index (χ4n) is 13.6. The number of aromatic nitrogens is 6. The van der Waals surface area contributed by atoms with Gasteiger partial charge in [-0.3, -0.25) is 61.8 Å². The molecule has 0 unspecified atom stereocenters. The van der Waals surface area contributed by atoms with Gasteiger partial charge in [0.2, 0.25) is 9.41 Å². The number of carbonyl (C=O) groups is 1. The predicted octanol–water partition coefficient (Wildman–Crippen LogP) is 6.30. The highest BCUT2D eigenvalue weighted by atomic mass is 32.2. The van der Waals surface area contributed by atoms with Crippen LogP contribution in [0, 0.1) is 20.8 Å². The van der Waals surface area contributed by atoms with Crippen molar-refractivity contribution >= 4 is 42.2 Å². The van der Waals surface area contributed by atoms with Crippen molar-refractivity contribution in [1.29, 1.82) is 4.29 Å². The number of nitrogens with zero attached hydrogens (tertiary/aromatic N) is 10. The molecule has 14 rings (SSSR count). The topological polar surface area (TPSA) is 352 Å². The fourth-order valence-corrected chi connectivity index (χ4v) is 21.8. The van der Waals surface area contributed by atoms with Gasteiger partial charge in [0.05, 0.1) is 43.2 Å². The molecule has 34 heteroatoms. The number of thioether (sulfide) groups is 1. The van der Waals surface area contributed by atoms with Crippen LogP contribution in [0.1, 0.15) is 180 Å². The number of ether oxygens (including phenoxy) is 3. The minimum Gasteiger partial charge on any atom is -0.400 e. The first kappa shape index (κ1) is 78.0. The number of carbonyl (C=O) groups excluding carboxylic acids is 1. The number of aryl methyl sites for hydroxylation is 3. The van der Waals surface area contributed by atoms with E-state index >= 15 is 0 Å². The van der Waals surface area contributed by atoms with Gasteiger partial charge in [-0.05, 0) is 131 Å². The van der Waals surface area contributed by atoms with Crippen molar-refractivity contribution in [3.63, 3.8) is 0 Å². The molecule has 3 aromatic heterocycles. The molecule has 10 fully saturated rings. The third kappa shape index (κ3) is 24.7. The second-order valence-corrected chi connectivity index (χ2v) is 33.5. The molecule has 9 atom stereocenters. The molecule has 0 spiro atoms. The van der Waals surface area contributed by atoms with Gasteiger partial charge < -0.3 is 48.8 Å². The van der Waals surface area contributed by atoms with Gasteiger partial charge in [0.15, 0.2) is 16.9 Å². The quantitative estimate of drug-likeness (QED) is 0.0537. The molecule has 10 saturated heterocycles. The SMILES string of the molecule is C1CCN(P(N2CCCC2)N2CCCC2)C1.O=C(SCCO)c1ccccc1.[2H]C[C@H]1O[C@@H](n2cc(C)c(=O)[nH]c2=O)C[C@H]1O.[2H]C[C@H]1O[C@@H](n2cc(C)c(=O)[nH]c2=O)C[C@H]1OP(N1CCCC1)N1CCCC1.[2H]C[C@H]1O[C@@H](n2cc(C)c(=O)[nH]c2=O)C[C@H]1OP(N1CCCC1)N1CCCC1.[3H]OC.[3H]OC.[3H]OC. The maximum Gasteiger partial charge on any atom is 0.330 e. The number of aliphatic hydroxyl groups is 5. The standard InChI is InChI=1S/2C18H29N4O4P.C12H24N3P.C10H14N2O4.C9H10O2S.3CH4O/c2*1-13-12-22(18(24)19-17(13)23)16-11-15(14(2)25-16)26-27(20-7-3-4-8-20)21-9-5-6-10-21;1-2-8-13(7-1)16(14-9-3-4-10-14)15-11-5-6-12-15;1-5-4-12(10(15)11-9(5)14)8-3-7(13)6(2)16-8;10-6-7-12-9(11)8-4-2-1-3-5-8;3*1-2/h2*12,14-16H,3-11H2,1-2H3,(H,19,23,24);1-12H2;4,6-8,13H,3H2,1-2H3,(H,11,14,15);1-5,10H,6-7H2;3*2H,1H3/t2*14-,15-,16-;;6-,7-,8-;;;;/m11.1..../s1/i2*2D;;2D;;3*2T. The van der Waals surface area contributed by atoms with Gasteiger partial charge in [0, 0.05) is 183 Å². The monoisotopic (exact) mass is 1550 g/mol. The number of H-pyrrole nitrogens is 3. The molecule has 8 N–H and O–H groups in total. The zero-order valence-electron chi connectivity index (χ0n) is 67.5. The van der Waals surface area contributed by atoms with Gasteiger partial charge in [-0.2, -0.15) is 0 Å². The van der Waals surface area contributed by atoms with Crippen molar-refractivity contribution in [2.45, 2.75) is 206 Å². The van der Waals surface area contributed by atoms with Gasteiger partial charge in [-0.15, -0.1) is 0 Å². The van der Waals surface area contributed by atoms with Crippen LogP contribution in [0.5, 0.6) is 0 Å². The Hall–Kier alpha value is -4.11. The van der Waals surface area contributed by atoms with E-state index in [4.69, 9.17) is 36.8 Å². The minimum absolute atomic E-state index is 0.0182. The number of hydrogen-bond acceptors (Lipinski definition) is 25. The van der Waals surface area contributed by atoms with E-state index in [0.717, 1.165) is 64.1 Å². The van der Waals surface area contributed by atoms with Gasteiger partial charge in [-0.25, -0.2) is 33.1 Å². The average molecular weight is 1550 g/mol. The maximum atomic E-state index is 12.2. The molecule has 1 aromatic carbocycles. The van der Waals surface area contributed by atoms with Crippen molar-refractivity contribution in [2.24, 2.45) is 0 Å². The Morgan fingerprint density at radius 3 is 1.08 bits per heavy atom.